The molecule has 4 rings (SSSR count). The van der Waals surface area contributed by atoms with Crippen LogP contribution in [0.3, 0.4) is 0 Å². The van der Waals surface area contributed by atoms with Gasteiger partial charge in [0.1, 0.15) is 17.0 Å². The first-order chi connectivity index (χ1) is 23.8. The SMILES string of the molecule is C.C.CC.CC(C)(C)OC(=O)N1CCC(CC(=O)Cc2cncc(Br)c2)CC1.CC(C)(C)OC(=O)N1CCC(CC(=O)O)CC1.Nc1cncc(Br)c1. The van der Waals surface area contributed by atoms with E-state index in [0.717, 1.165) is 40.2 Å². The molecule has 0 atom stereocenters. The molecule has 14 heteroatoms. The number of aliphatic carboxylic acids is 1. The lowest BCUT2D eigenvalue weighted by Crippen LogP contribution is -2.42. The van der Waals surface area contributed by atoms with Gasteiger partial charge in [0.05, 0.1) is 5.69 Å². The maximum Gasteiger partial charge on any atom is 0.410 e. The molecule has 0 bridgehead atoms. The number of anilines is 1. The Morgan fingerprint density at radius 3 is 1.47 bits per heavy atom. The van der Waals surface area contributed by atoms with Crippen LogP contribution in [0.4, 0.5) is 15.3 Å². The van der Waals surface area contributed by atoms with E-state index in [1.807, 2.05) is 61.5 Å². The number of piperidine rings is 2. The molecule has 2 aromatic heterocycles. The fourth-order valence-electron chi connectivity index (χ4n) is 5.14. The molecule has 2 amide bonds. The quantitative estimate of drug-likeness (QED) is 0.285. The number of carboxylic acids is 1. The fraction of sp³-hybridized carbons (Fsp3) is 0.641. The molecule has 2 aliphatic rings. The minimum Gasteiger partial charge on any atom is -0.481 e. The van der Waals surface area contributed by atoms with E-state index in [0.29, 0.717) is 50.6 Å². The zero-order valence-electron chi connectivity index (χ0n) is 31.4. The number of Topliss-reactive ketones (excluding diaryl/α,β-unsaturated/α-hetero) is 1. The highest BCUT2D eigenvalue weighted by Gasteiger charge is 2.29. The van der Waals surface area contributed by atoms with E-state index in [4.69, 9.17) is 20.3 Å². The summed E-state index contributed by atoms with van der Waals surface area (Å²) in [6.45, 7) is 17.6. The molecule has 12 nitrogen and oxygen atoms in total. The Balaban J connectivity index is 0. The number of ketones is 1. The van der Waals surface area contributed by atoms with Gasteiger partial charge in [-0.15, -0.1) is 0 Å². The monoisotopic (exact) mass is 873 g/mol. The third-order valence-electron chi connectivity index (χ3n) is 7.40. The number of carbonyl (C=O) groups excluding carboxylic acids is 3. The highest BCUT2D eigenvalue weighted by molar-refractivity contribution is 9.10. The third kappa shape index (κ3) is 23.9. The van der Waals surface area contributed by atoms with Crippen molar-refractivity contribution in [1.29, 1.82) is 0 Å². The van der Waals surface area contributed by atoms with Crippen molar-refractivity contribution in [3.63, 3.8) is 0 Å². The van der Waals surface area contributed by atoms with E-state index in [1.165, 1.54) is 0 Å². The molecule has 0 aliphatic carbocycles. The molecule has 2 fully saturated rings. The lowest BCUT2D eigenvalue weighted by molar-refractivity contribution is -0.138. The maximum atomic E-state index is 12.2. The van der Waals surface area contributed by atoms with E-state index in [1.54, 1.807) is 40.7 Å². The number of likely N-dealkylation sites (tertiary alicyclic amines) is 2. The topological polar surface area (TPSA) is 165 Å². The van der Waals surface area contributed by atoms with Crippen LogP contribution < -0.4 is 5.73 Å². The second-order valence-corrected chi connectivity index (χ2v) is 16.1. The highest BCUT2D eigenvalue weighted by Crippen LogP contribution is 2.24. The molecular formula is C39H65Br2N5O7. The van der Waals surface area contributed by atoms with Crippen molar-refractivity contribution < 1.29 is 33.8 Å². The number of hydrogen-bond donors (Lipinski definition) is 2. The molecule has 302 valence electrons. The van der Waals surface area contributed by atoms with Gasteiger partial charge in [0, 0.05) is 79.2 Å². The van der Waals surface area contributed by atoms with Crippen LogP contribution in [0.1, 0.15) is 114 Å². The number of pyridine rings is 2. The van der Waals surface area contributed by atoms with Gasteiger partial charge in [0.2, 0.25) is 0 Å². The molecule has 2 aromatic rings. The standard InChI is InChI=1S/C18H25BrN2O3.C12H21NO4.C5H5BrN2.C2H6.2CH4/c1-18(2,3)24-17(23)21-6-4-13(5-7-21)9-16(22)10-14-8-15(19)12-20-11-14;1-12(2,3)17-11(16)13-6-4-9(5-7-13)8-10(14)15;6-4-1-5(7)3-8-2-4;1-2;;/h8,11-13H,4-7,9-10H2,1-3H3;9H,4-8H2,1-3H3,(H,14,15);1-3H,7H2;1-2H3;2*1H4. The van der Waals surface area contributed by atoms with Crippen LogP contribution in [0.2, 0.25) is 0 Å². The lowest BCUT2D eigenvalue weighted by Gasteiger charge is -2.33. The van der Waals surface area contributed by atoms with E-state index in [2.05, 4.69) is 41.8 Å². The van der Waals surface area contributed by atoms with Crippen molar-refractivity contribution in [1.82, 2.24) is 19.8 Å². The van der Waals surface area contributed by atoms with Crippen LogP contribution in [0.15, 0.2) is 45.9 Å². The second kappa shape index (κ2) is 25.7. The number of nitrogens with two attached hydrogens (primary N) is 1. The minimum atomic E-state index is -0.763. The first-order valence-corrected chi connectivity index (χ1v) is 19.0. The summed E-state index contributed by atoms with van der Waals surface area (Å²) in [7, 11) is 0. The molecule has 0 unspecified atom stereocenters. The molecular weight excluding hydrogens is 810 g/mol. The van der Waals surface area contributed by atoms with Gasteiger partial charge in [-0.25, -0.2) is 9.59 Å². The smallest absolute Gasteiger partial charge is 0.410 e. The normalized spacial score (nSPS) is 14.5. The summed E-state index contributed by atoms with van der Waals surface area (Å²) in [4.78, 5) is 57.9. The Hall–Kier alpha value is -3.26. The van der Waals surface area contributed by atoms with Gasteiger partial charge < -0.3 is 30.1 Å². The van der Waals surface area contributed by atoms with Crippen molar-refractivity contribution in [2.24, 2.45) is 11.8 Å². The van der Waals surface area contributed by atoms with Crippen LogP contribution in [0, 0.1) is 11.8 Å². The van der Waals surface area contributed by atoms with Gasteiger partial charge in [-0.3, -0.25) is 19.6 Å². The average Bonchev–Trinajstić information content (AvgIpc) is 3.01. The number of rotatable bonds is 6. The van der Waals surface area contributed by atoms with Gasteiger partial charge in [0.15, 0.2) is 0 Å². The van der Waals surface area contributed by atoms with E-state index in [9.17, 15) is 19.2 Å². The Kier molecular flexibility index (Phi) is 25.1. The Bertz CT molecular complexity index is 1370. The zero-order valence-corrected chi connectivity index (χ0v) is 34.6. The van der Waals surface area contributed by atoms with Crippen molar-refractivity contribution in [3.8, 4) is 0 Å². The van der Waals surface area contributed by atoms with Crippen molar-refractivity contribution in [2.75, 3.05) is 31.9 Å². The number of halogens is 2. The van der Waals surface area contributed by atoms with E-state index >= 15 is 0 Å². The summed E-state index contributed by atoms with van der Waals surface area (Å²) in [5.41, 5.74) is 6.03. The molecule has 3 N–H and O–H groups in total. The van der Waals surface area contributed by atoms with Crippen LogP contribution in [-0.2, 0) is 25.5 Å². The van der Waals surface area contributed by atoms with Gasteiger partial charge in [-0.1, -0.05) is 28.7 Å². The van der Waals surface area contributed by atoms with Crippen molar-refractivity contribution in [2.45, 2.75) is 126 Å². The van der Waals surface area contributed by atoms with Gasteiger partial charge in [-0.05, 0) is 129 Å². The summed E-state index contributed by atoms with van der Waals surface area (Å²) in [5.74, 6) is -0.00572. The van der Waals surface area contributed by atoms with Crippen LogP contribution >= 0.6 is 31.9 Å². The number of amides is 2. The van der Waals surface area contributed by atoms with E-state index in [-0.39, 0.29) is 45.2 Å². The predicted molar refractivity (Wildman–Crippen MR) is 220 cm³/mol. The number of carbonyl (C=O) groups is 4. The van der Waals surface area contributed by atoms with Crippen molar-refractivity contribution >= 4 is 61.5 Å². The molecule has 2 saturated heterocycles. The van der Waals surface area contributed by atoms with Gasteiger partial charge in [-0.2, -0.15) is 0 Å². The second-order valence-electron chi connectivity index (χ2n) is 14.3. The van der Waals surface area contributed by atoms with E-state index < -0.39 is 17.2 Å². The number of carboxylic acid groups (broad SMARTS) is 1. The maximum absolute atomic E-state index is 12.2. The van der Waals surface area contributed by atoms with Gasteiger partial charge >= 0.3 is 18.2 Å². The number of hydrogen-bond acceptors (Lipinski definition) is 9. The summed E-state index contributed by atoms with van der Waals surface area (Å²) in [5, 5.41) is 8.69. The van der Waals surface area contributed by atoms with Crippen LogP contribution in [-0.4, -0.2) is 86.2 Å². The summed E-state index contributed by atoms with van der Waals surface area (Å²) >= 11 is 6.59. The minimum absolute atomic E-state index is 0. The Morgan fingerprint density at radius 1 is 0.736 bits per heavy atom. The summed E-state index contributed by atoms with van der Waals surface area (Å²) in [6.07, 6.45) is 10.5. The molecule has 0 spiro atoms. The number of nitrogen functional groups attached to an aromatic ring is 1. The molecule has 0 aromatic carbocycles. The number of aromatic nitrogens is 2. The zero-order chi connectivity index (χ0) is 38.8. The molecule has 0 radical (unpaired) electrons. The van der Waals surface area contributed by atoms with Crippen LogP contribution in [0.25, 0.3) is 0 Å². The molecule has 53 heavy (non-hydrogen) atoms. The first-order valence-electron chi connectivity index (χ1n) is 17.4. The molecule has 2 aliphatic heterocycles. The summed E-state index contributed by atoms with van der Waals surface area (Å²) < 4.78 is 12.5. The lowest BCUT2D eigenvalue weighted by atomic mass is 9.90. The molecule has 4 heterocycles. The summed E-state index contributed by atoms with van der Waals surface area (Å²) in [6, 6.07) is 3.73. The number of ether oxygens (including phenoxy) is 2. The third-order valence-corrected chi connectivity index (χ3v) is 8.27. The number of nitrogens with zero attached hydrogens (tertiary/aromatic N) is 4. The highest BCUT2D eigenvalue weighted by atomic mass is 79.9. The average molecular weight is 876 g/mol. The predicted octanol–water partition coefficient (Wildman–Crippen LogP) is 9.83. The Labute approximate surface area is 335 Å². The fourth-order valence-corrected chi connectivity index (χ4v) is 5.94. The van der Waals surface area contributed by atoms with Crippen LogP contribution in [0.5, 0.6) is 0 Å². The Morgan fingerprint density at radius 2 is 1.13 bits per heavy atom. The van der Waals surface area contributed by atoms with Crippen molar-refractivity contribution in [3.05, 3.63) is 51.4 Å². The first kappa shape index (κ1) is 51.8. The molecule has 0 saturated carbocycles. The largest absolute Gasteiger partial charge is 0.481 e. The van der Waals surface area contributed by atoms with Gasteiger partial charge in [0.25, 0.3) is 0 Å².